The summed E-state index contributed by atoms with van der Waals surface area (Å²) in [4.78, 5) is 24.0. The molecule has 27 heavy (non-hydrogen) atoms. The van der Waals surface area contributed by atoms with E-state index in [2.05, 4.69) is 15.6 Å². The molecule has 0 saturated heterocycles. The maximum absolute atomic E-state index is 12.2. The van der Waals surface area contributed by atoms with Crippen molar-refractivity contribution in [1.29, 1.82) is 0 Å². The molecule has 0 unspecified atom stereocenters. The zero-order valence-electron chi connectivity index (χ0n) is 14.6. The lowest BCUT2D eigenvalue weighted by atomic mass is 10.2. The number of nitrogens with one attached hydrogen (secondary N) is 3. The number of hydrogen-bond donors (Lipinski definition) is 3. The third-order valence-electron chi connectivity index (χ3n) is 3.47. The molecule has 0 saturated carbocycles. The van der Waals surface area contributed by atoms with Crippen LogP contribution >= 0.6 is 11.6 Å². The minimum atomic E-state index is -3.83. The number of rotatable bonds is 6. The Morgan fingerprint density at radius 3 is 2.11 bits per heavy atom. The number of hydrogen-bond acceptors (Lipinski definition) is 5. The van der Waals surface area contributed by atoms with Gasteiger partial charge in [0.1, 0.15) is 10.6 Å². The largest absolute Gasteiger partial charge is 0.494 e. The van der Waals surface area contributed by atoms with Gasteiger partial charge in [0.05, 0.1) is 11.6 Å². The van der Waals surface area contributed by atoms with Crippen molar-refractivity contribution in [1.82, 2.24) is 15.6 Å². The average molecular weight is 412 g/mol. The number of hydrazine groups is 1. The summed E-state index contributed by atoms with van der Waals surface area (Å²) in [5, 5.41) is -0.0284. The summed E-state index contributed by atoms with van der Waals surface area (Å²) in [6.07, 6.45) is 0. The van der Waals surface area contributed by atoms with E-state index in [-0.39, 0.29) is 15.5 Å². The van der Waals surface area contributed by atoms with Gasteiger partial charge in [-0.25, -0.2) is 13.1 Å². The molecule has 0 radical (unpaired) electrons. The molecule has 0 fully saturated rings. The summed E-state index contributed by atoms with van der Waals surface area (Å²) in [5.74, 6) is -0.612. The molecule has 3 N–H and O–H groups in total. The van der Waals surface area contributed by atoms with Crippen molar-refractivity contribution in [2.24, 2.45) is 0 Å². The molecule has 8 nitrogen and oxygen atoms in total. The Hall–Kier alpha value is -2.62. The molecule has 0 spiro atoms. The molecule has 10 heteroatoms. The van der Waals surface area contributed by atoms with Gasteiger partial charge in [0.2, 0.25) is 10.0 Å². The highest BCUT2D eigenvalue weighted by atomic mass is 35.5. The van der Waals surface area contributed by atoms with Crippen LogP contribution in [-0.2, 0) is 10.0 Å². The van der Waals surface area contributed by atoms with Crippen LogP contribution in [0.3, 0.4) is 0 Å². The second kappa shape index (κ2) is 8.85. The van der Waals surface area contributed by atoms with E-state index in [0.29, 0.717) is 17.9 Å². The van der Waals surface area contributed by atoms with Crippen LogP contribution in [0.2, 0.25) is 5.02 Å². The van der Waals surface area contributed by atoms with Crippen molar-refractivity contribution in [2.45, 2.75) is 11.8 Å². The first-order chi connectivity index (χ1) is 12.8. The van der Waals surface area contributed by atoms with E-state index in [9.17, 15) is 18.0 Å². The van der Waals surface area contributed by atoms with Crippen LogP contribution < -0.4 is 20.3 Å². The number of amides is 2. The van der Waals surface area contributed by atoms with Crippen molar-refractivity contribution in [2.75, 3.05) is 13.7 Å². The molecule has 0 atom stereocenters. The van der Waals surface area contributed by atoms with Crippen molar-refractivity contribution in [3.63, 3.8) is 0 Å². The van der Waals surface area contributed by atoms with E-state index in [1.165, 1.54) is 19.2 Å². The predicted molar refractivity (Wildman–Crippen MR) is 100 cm³/mol. The lowest BCUT2D eigenvalue weighted by Crippen LogP contribution is -2.41. The van der Waals surface area contributed by atoms with Gasteiger partial charge in [-0.05, 0) is 56.4 Å². The van der Waals surface area contributed by atoms with Gasteiger partial charge in [0.25, 0.3) is 11.8 Å². The standard InChI is InChI=1S/C17H18ClN3O5S/c1-3-26-13-7-4-11(5-8-13)16(22)20-21-17(23)12-6-9-14(18)15(10-12)27(24,25)19-2/h4-10,19H,3H2,1-2H3,(H,20,22)(H,21,23). The summed E-state index contributed by atoms with van der Waals surface area (Å²) in [6, 6.07) is 10.1. The summed E-state index contributed by atoms with van der Waals surface area (Å²) >= 11 is 5.88. The molecule has 0 bridgehead atoms. The molecule has 0 aliphatic rings. The topological polar surface area (TPSA) is 114 Å². The van der Waals surface area contributed by atoms with Gasteiger partial charge in [0, 0.05) is 11.1 Å². The van der Waals surface area contributed by atoms with Crippen LogP contribution in [0.15, 0.2) is 47.4 Å². The second-order valence-corrected chi connectivity index (χ2v) is 7.48. The Balaban J connectivity index is 2.07. The minimum absolute atomic E-state index is 0.0141. The lowest BCUT2D eigenvalue weighted by molar-refractivity contribution is 0.0846. The van der Waals surface area contributed by atoms with E-state index in [4.69, 9.17) is 16.3 Å². The van der Waals surface area contributed by atoms with E-state index in [0.717, 1.165) is 6.07 Å². The molecule has 0 aliphatic heterocycles. The van der Waals surface area contributed by atoms with Gasteiger partial charge in [-0.15, -0.1) is 0 Å². The number of benzene rings is 2. The Bertz CT molecular complexity index is 946. The Morgan fingerprint density at radius 2 is 1.56 bits per heavy atom. The molecule has 0 aliphatic carbocycles. The number of carbonyl (C=O) groups is 2. The van der Waals surface area contributed by atoms with Crippen molar-refractivity contribution < 1.29 is 22.7 Å². The van der Waals surface area contributed by atoms with Crippen LogP contribution in [0.5, 0.6) is 5.75 Å². The number of halogens is 1. The summed E-state index contributed by atoms with van der Waals surface area (Å²) in [6.45, 7) is 2.36. The maximum Gasteiger partial charge on any atom is 0.269 e. The fourth-order valence-corrected chi connectivity index (χ4v) is 3.34. The molecule has 0 heterocycles. The third-order valence-corrected chi connectivity index (χ3v) is 5.36. The zero-order valence-corrected chi connectivity index (χ0v) is 16.1. The first-order valence-electron chi connectivity index (χ1n) is 7.85. The van der Waals surface area contributed by atoms with Gasteiger partial charge >= 0.3 is 0 Å². The van der Waals surface area contributed by atoms with Gasteiger partial charge < -0.3 is 4.74 Å². The van der Waals surface area contributed by atoms with E-state index >= 15 is 0 Å². The number of carbonyl (C=O) groups excluding carboxylic acids is 2. The molecule has 144 valence electrons. The third kappa shape index (κ3) is 5.19. The Kier molecular flexibility index (Phi) is 6.78. The fourth-order valence-electron chi connectivity index (χ4n) is 2.09. The summed E-state index contributed by atoms with van der Waals surface area (Å²) in [7, 11) is -2.60. The Labute approximate surface area is 161 Å². The molecular weight excluding hydrogens is 394 g/mol. The van der Waals surface area contributed by atoms with Crippen LogP contribution in [0.1, 0.15) is 27.6 Å². The highest BCUT2D eigenvalue weighted by Crippen LogP contribution is 2.22. The highest BCUT2D eigenvalue weighted by Gasteiger charge is 2.19. The summed E-state index contributed by atoms with van der Waals surface area (Å²) in [5.41, 5.74) is 4.81. The van der Waals surface area contributed by atoms with E-state index in [1.54, 1.807) is 24.3 Å². The molecular formula is C17H18ClN3O5S. The predicted octanol–water partition coefficient (Wildman–Crippen LogP) is 1.72. The quantitative estimate of drug-likeness (QED) is 0.626. The molecule has 0 aromatic heterocycles. The van der Waals surface area contributed by atoms with Crippen molar-refractivity contribution in [3.8, 4) is 5.75 Å². The van der Waals surface area contributed by atoms with Crippen LogP contribution in [0.25, 0.3) is 0 Å². The highest BCUT2D eigenvalue weighted by molar-refractivity contribution is 7.89. The monoisotopic (exact) mass is 411 g/mol. The molecule has 2 amide bonds. The number of ether oxygens (including phenoxy) is 1. The SMILES string of the molecule is CCOc1ccc(C(=O)NNC(=O)c2ccc(Cl)c(S(=O)(=O)NC)c2)cc1. The van der Waals surface area contributed by atoms with E-state index < -0.39 is 21.8 Å². The maximum atomic E-state index is 12.2. The van der Waals surface area contributed by atoms with Crippen LogP contribution in [0, 0.1) is 0 Å². The van der Waals surface area contributed by atoms with Gasteiger partial charge in [-0.3, -0.25) is 20.4 Å². The van der Waals surface area contributed by atoms with Crippen molar-refractivity contribution in [3.05, 3.63) is 58.6 Å². The molecule has 2 rings (SSSR count). The van der Waals surface area contributed by atoms with Crippen LogP contribution in [0.4, 0.5) is 0 Å². The average Bonchev–Trinajstić information content (AvgIpc) is 2.67. The van der Waals surface area contributed by atoms with Crippen molar-refractivity contribution >= 4 is 33.4 Å². The normalized spacial score (nSPS) is 10.9. The lowest BCUT2D eigenvalue weighted by Gasteiger charge is -2.10. The smallest absolute Gasteiger partial charge is 0.269 e. The first kappa shape index (κ1) is 20.7. The van der Waals surface area contributed by atoms with Gasteiger partial charge in [-0.1, -0.05) is 11.6 Å². The first-order valence-corrected chi connectivity index (χ1v) is 9.71. The molecule has 2 aromatic rings. The van der Waals surface area contributed by atoms with Crippen LogP contribution in [-0.4, -0.2) is 33.9 Å². The second-order valence-electron chi connectivity index (χ2n) is 5.22. The van der Waals surface area contributed by atoms with Gasteiger partial charge in [-0.2, -0.15) is 0 Å². The van der Waals surface area contributed by atoms with Gasteiger partial charge in [0.15, 0.2) is 0 Å². The van der Waals surface area contributed by atoms with E-state index in [1.807, 2.05) is 6.92 Å². The molecule has 2 aromatic carbocycles. The minimum Gasteiger partial charge on any atom is -0.494 e. The Morgan fingerprint density at radius 1 is 1.00 bits per heavy atom. The summed E-state index contributed by atoms with van der Waals surface area (Å²) < 4.78 is 31.2. The fraction of sp³-hybridized carbons (Fsp3) is 0.176. The number of sulfonamides is 1. The zero-order chi connectivity index (χ0) is 20.0.